The van der Waals surface area contributed by atoms with Crippen molar-refractivity contribution in [2.75, 3.05) is 22.9 Å². The fourth-order valence-electron chi connectivity index (χ4n) is 15.2. The van der Waals surface area contributed by atoms with E-state index in [2.05, 4.69) is 193 Å². The highest BCUT2D eigenvalue weighted by Crippen LogP contribution is 2.73. The van der Waals surface area contributed by atoms with E-state index in [1.165, 1.54) is 0 Å². The van der Waals surface area contributed by atoms with Crippen molar-refractivity contribution in [3.63, 3.8) is 0 Å². The van der Waals surface area contributed by atoms with Gasteiger partial charge in [0.05, 0.1) is 39.5 Å². The molecule has 0 aromatic heterocycles. The van der Waals surface area contributed by atoms with Gasteiger partial charge in [0.25, 0.3) is 0 Å². The molecule has 8 aromatic rings. The van der Waals surface area contributed by atoms with Gasteiger partial charge in [0, 0.05) is 29.8 Å². The van der Waals surface area contributed by atoms with Gasteiger partial charge in [-0.25, -0.2) is 9.98 Å². The maximum atomic E-state index is 17.5. The number of anilines is 2. The standard InChI is InChI=1S/C81H94N6O6P2/c1-50(2)58-36-28-37-59(51(3)4)74(58)82-78-84(80(88,86(78)76-62(54(9)10)40-30-41-63(76)55(11)12)94(89)72-46-24-20-34-68(72)66-32-18-22-44-70(66)92-94)48-26-16-17-27-49-85-79(83-75-60(52(5)6)38-29-39-61(75)53(7)8)87-77-64(56(13)14)42-31-43-65(77)57(15)91-81(85,87)95(90)73-47-25-21-35-69(73)67-33-19-23-45-71(67)93-95/h18-25,28-47,50-57,88H,16-17,26-27,48-49H2,1-15H3/b82-78+,83-79+. The number of hydrogen-bond donors (Lipinski definition) is 1. The Morgan fingerprint density at radius 1 is 0.411 bits per heavy atom. The highest BCUT2D eigenvalue weighted by Gasteiger charge is 2.75. The van der Waals surface area contributed by atoms with Gasteiger partial charge >= 0.3 is 25.9 Å². The Balaban J connectivity index is 0.939. The summed E-state index contributed by atoms with van der Waals surface area (Å²) >= 11 is 0. The second-order valence-electron chi connectivity index (χ2n) is 28.7. The molecule has 2 saturated heterocycles. The van der Waals surface area contributed by atoms with Crippen LogP contribution in [0.4, 0.5) is 22.7 Å². The summed E-state index contributed by atoms with van der Waals surface area (Å²) in [6.07, 6.45) is 2.17. The van der Waals surface area contributed by atoms with E-state index in [0.717, 1.165) is 95.9 Å². The van der Waals surface area contributed by atoms with E-state index in [-0.39, 0.29) is 48.0 Å². The summed E-state index contributed by atoms with van der Waals surface area (Å²) in [6.45, 7) is 33.6. The van der Waals surface area contributed by atoms with Gasteiger partial charge in [0.2, 0.25) is 11.9 Å². The van der Waals surface area contributed by atoms with Gasteiger partial charge in [-0.2, -0.15) is 0 Å². The van der Waals surface area contributed by atoms with E-state index in [9.17, 15) is 5.11 Å². The number of benzene rings is 8. The van der Waals surface area contributed by atoms with Crippen molar-refractivity contribution in [3.05, 3.63) is 214 Å². The monoisotopic (exact) mass is 1310 g/mol. The van der Waals surface area contributed by atoms with Crippen LogP contribution in [0.3, 0.4) is 0 Å². The Bertz CT molecular complexity index is 4340. The van der Waals surface area contributed by atoms with E-state index >= 15 is 9.13 Å². The predicted molar refractivity (Wildman–Crippen MR) is 392 cm³/mol. The highest BCUT2D eigenvalue weighted by atomic mass is 31.2. The number of ether oxygens (including phenoxy) is 1. The molecule has 0 bridgehead atoms. The van der Waals surface area contributed by atoms with Gasteiger partial charge in [0.1, 0.15) is 11.5 Å². The molecule has 5 aliphatic rings. The summed E-state index contributed by atoms with van der Waals surface area (Å²) < 4.78 is 56.7. The predicted octanol–water partition coefficient (Wildman–Crippen LogP) is 21.1. The molecule has 494 valence electrons. The second kappa shape index (κ2) is 25.4. The normalized spacial score (nSPS) is 22.6. The van der Waals surface area contributed by atoms with E-state index in [1.54, 1.807) is 0 Å². The molecule has 5 heterocycles. The van der Waals surface area contributed by atoms with Crippen LogP contribution < -0.4 is 29.5 Å². The summed E-state index contributed by atoms with van der Waals surface area (Å²) in [6, 6.07) is 57.1. The Hall–Kier alpha value is -7.72. The minimum atomic E-state index is -4.43. The Kier molecular flexibility index (Phi) is 17.6. The molecule has 0 saturated carbocycles. The zero-order chi connectivity index (χ0) is 67.2. The minimum Gasteiger partial charge on any atom is -0.435 e. The zero-order valence-corrected chi connectivity index (χ0v) is 59.9. The van der Waals surface area contributed by atoms with Gasteiger partial charge in [-0.15, -0.1) is 0 Å². The average molecular weight is 1310 g/mol. The fourth-order valence-corrected chi connectivity index (χ4v) is 21.0. The number of hydrogen-bond acceptors (Lipinski definition) is 8. The molecule has 0 spiro atoms. The van der Waals surface area contributed by atoms with Gasteiger partial charge in [-0.3, -0.25) is 28.7 Å². The van der Waals surface area contributed by atoms with Crippen LogP contribution in [0.15, 0.2) is 180 Å². The smallest absolute Gasteiger partial charge is 0.352 e. The quantitative estimate of drug-likeness (QED) is 0.0619. The number of guanidine groups is 2. The van der Waals surface area contributed by atoms with Crippen LogP contribution in [-0.2, 0) is 13.9 Å². The van der Waals surface area contributed by atoms with Crippen molar-refractivity contribution in [2.45, 2.75) is 188 Å². The summed E-state index contributed by atoms with van der Waals surface area (Å²) in [7, 11) is -8.63. The molecule has 5 unspecified atom stereocenters. The third kappa shape index (κ3) is 10.4. The van der Waals surface area contributed by atoms with Gasteiger partial charge in [0.15, 0.2) is 0 Å². The average Bonchev–Trinajstić information content (AvgIpc) is 0.666. The molecule has 95 heavy (non-hydrogen) atoms. The SMILES string of the molecule is CC(C)c1cccc(C(C)C)c1/N=C1\N(CCCCCCN2/C(=N\c3c(C(C)C)cccc3C(C)C)N3c4c(C(C)C)cccc4C(C)OC23P2(=O)Oc3ccccc3-c3ccccc32)C(O)(P2(=O)Oc3ccccc3-c3ccccc32)N1c1c(C(C)C)cccc1C(C)C. The molecule has 1 N–H and O–H groups in total. The third-order valence-electron chi connectivity index (χ3n) is 20.1. The lowest BCUT2D eigenvalue weighted by atomic mass is 9.91. The third-order valence-corrected chi connectivity index (χ3v) is 25.6. The lowest BCUT2D eigenvalue weighted by Crippen LogP contribution is -2.81. The second-order valence-corrected chi connectivity index (χ2v) is 33.4. The van der Waals surface area contributed by atoms with E-state index in [4.69, 9.17) is 23.8 Å². The molecule has 12 nitrogen and oxygen atoms in total. The minimum absolute atomic E-state index is 0.0205. The van der Waals surface area contributed by atoms with Crippen molar-refractivity contribution >= 4 is 60.0 Å². The van der Waals surface area contributed by atoms with Gasteiger partial charge in [-0.05, 0) is 136 Å². The van der Waals surface area contributed by atoms with Crippen LogP contribution in [0, 0.1) is 0 Å². The largest absolute Gasteiger partial charge is 0.435 e. The van der Waals surface area contributed by atoms with Crippen molar-refractivity contribution < 1.29 is 28.0 Å². The zero-order valence-electron chi connectivity index (χ0n) is 58.1. The van der Waals surface area contributed by atoms with Crippen LogP contribution in [-0.4, -0.2) is 51.1 Å². The van der Waals surface area contributed by atoms with Crippen LogP contribution in [0.5, 0.6) is 11.5 Å². The Morgan fingerprint density at radius 3 is 1.22 bits per heavy atom. The van der Waals surface area contributed by atoms with Crippen molar-refractivity contribution in [1.82, 2.24) is 9.80 Å². The molecule has 14 heteroatoms. The van der Waals surface area contributed by atoms with E-state index < -0.39 is 32.0 Å². The summed E-state index contributed by atoms with van der Waals surface area (Å²) in [5.41, 5.74) is 11.5. The number of fused-ring (bicyclic) bond motifs is 9. The Morgan fingerprint density at radius 2 is 0.768 bits per heavy atom. The van der Waals surface area contributed by atoms with Crippen LogP contribution >= 0.6 is 14.7 Å². The maximum absolute atomic E-state index is 17.5. The first-order valence-electron chi connectivity index (χ1n) is 34.7. The molecular weight excluding hydrogens is 1210 g/mol. The van der Waals surface area contributed by atoms with E-state index in [0.29, 0.717) is 59.8 Å². The van der Waals surface area contributed by atoms with Crippen molar-refractivity contribution in [3.8, 4) is 33.8 Å². The van der Waals surface area contributed by atoms with Gasteiger partial charge < -0.3 is 18.9 Å². The highest BCUT2D eigenvalue weighted by molar-refractivity contribution is 7.70. The fraction of sp³-hybridized carbons (Fsp3) is 0.383. The first kappa shape index (κ1) is 65.9. The Labute approximate surface area is 564 Å². The number of nitrogens with zero attached hydrogens (tertiary/aromatic N) is 6. The lowest BCUT2D eigenvalue weighted by molar-refractivity contribution is -0.137. The number of para-hydroxylation sites is 6. The molecule has 13 rings (SSSR count). The van der Waals surface area contributed by atoms with Crippen LogP contribution in [0.2, 0.25) is 0 Å². The molecule has 2 fully saturated rings. The summed E-state index contributed by atoms with van der Waals surface area (Å²) in [5.74, 6) is 2.88. The molecule has 5 atom stereocenters. The summed E-state index contributed by atoms with van der Waals surface area (Å²) in [4.78, 5) is 19.9. The lowest BCUT2D eigenvalue weighted by Gasteiger charge is -2.65. The van der Waals surface area contributed by atoms with Crippen LogP contribution in [0.25, 0.3) is 22.3 Å². The first-order valence-corrected chi connectivity index (χ1v) is 38.0. The van der Waals surface area contributed by atoms with E-state index in [1.807, 2.05) is 101 Å². The number of unbranched alkanes of at least 4 members (excludes halogenated alkanes) is 3. The summed E-state index contributed by atoms with van der Waals surface area (Å²) in [5, 5.41) is 15.8. The number of aliphatic hydroxyl groups is 1. The molecule has 0 amide bonds. The molecular formula is C81H94N6O6P2. The topological polar surface area (TPSA) is 120 Å². The molecule has 0 radical (unpaired) electrons. The molecule has 5 aliphatic heterocycles. The first-order chi connectivity index (χ1) is 45.5. The molecule has 0 aliphatic carbocycles. The molecule has 8 aromatic carbocycles. The number of aliphatic imine (C=N–C) groups is 2. The van der Waals surface area contributed by atoms with Crippen molar-refractivity contribution in [1.29, 1.82) is 0 Å². The van der Waals surface area contributed by atoms with Crippen molar-refractivity contribution in [2.24, 2.45) is 9.98 Å². The van der Waals surface area contributed by atoms with Crippen LogP contribution in [0.1, 0.15) is 222 Å². The maximum Gasteiger partial charge on any atom is 0.352 e. The van der Waals surface area contributed by atoms with Gasteiger partial charge in [-0.1, -0.05) is 255 Å². The number of rotatable bonds is 19.